The maximum atomic E-state index is 12.0. The third kappa shape index (κ3) is 2.47. The lowest BCUT2D eigenvalue weighted by Gasteiger charge is -2.06. The van der Waals surface area contributed by atoms with Gasteiger partial charge in [-0.3, -0.25) is 9.48 Å². The highest BCUT2D eigenvalue weighted by Gasteiger charge is 2.12. The Morgan fingerprint density at radius 3 is 2.94 bits per heavy atom. The molecular weight excluding hydrogens is 284 g/mol. The molecule has 6 heteroatoms. The third-order valence-corrected chi connectivity index (χ3v) is 3.12. The zero-order chi connectivity index (χ0) is 12.4. The molecule has 1 aromatic carbocycles. The molecule has 5 nitrogen and oxygen atoms in total. The van der Waals surface area contributed by atoms with E-state index in [4.69, 9.17) is 5.73 Å². The predicted molar refractivity (Wildman–Crippen MR) is 69.7 cm³/mol. The summed E-state index contributed by atoms with van der Waals surface area (Å²) in [6.45, 7) is 0. The number of nitrogens with zero attached hydrogens (tertiary/aromatic N) is 2. The van der Waals surface area contributed by atoms with Crippen molar-refractivity contribution in [3.63, 3.8) is 0 Å². The van der Waals surface area contributed by atoms with Gasteiger partial charge in [0.15, 0.2) is 0 Å². The maximum Gasteiger partial charge on any atom is 0.256 e. The molecule has 0 saturated carbocycles. The van der Waals surface area contributed by atoms with Gasteiger partial charge in [0.05, 0.1) is 21.9 Å². The number of aromatic nitrogens is 2. The van der Waals surface area contributed by atoms with Crippen LogP contribution in [0.2, 0.25) is 0 Å². The normalized spacial score (nSPS) is 10.2. The Labute approximate surface area is 107 Å². The molecule has 0 aliphatic heterocycles. The van der Waals surface area contributed by atoms with Gasteiger partial charge in [0.2, 0.25) is 0 Å². The molecule has 0 radical (unpaired) electrons. The Morgan fingerprint density at radius 1 is 1.53 bits per heavy atom. The highest BCUT2D eigenvalue weighted by Crippen LogP contribution is 2.24. The second kappa shape index (κ2) is 4.58. The first-order valence-electron chi connectivity index (χ1n) is 4.92. The molecule has 1 amide bonds. The predicted octanol–water partition coefficient (Wildman–Crippen LogP) is 2.02. The molecular formula is C11H11BrN4O. The average Bonchev–Trinajstić information content (AvgIpc) is 2.68. The zero-order valence-corrected chi connectivity index (χ0v) is 10.7. The van der Waals surface area contributed by atoms with E-state index in [1.54, 1.807) is 42.3 Å². The van der Waals surface area contributed by atoms with Crippen LogP contribution in [0.25, 0.3) is 0 Å². The minimum absolute atomic E-state index is 0.225. The number of nitrogen functional groups attached to an aromatic ring is 1. The fourth-order valence-electron chi connectivity index (χ4n) is 1.41. The van der Waals surface area contributed by atoms with Crippen molar-refractivity contribution in [3.05, 3.63) is 40.6 Å². The topological polar surface area (TPSA) is 72.9 Å². The van der Waals surface area contributed by atoms with Crippen LogP contribution in [0.5, 0.6) is 0 Å². The summed E-state index contributed by atoms with van der Waals surface area (Å²) >= 11 is 3.29. The fourth-order valence-corrected chi connectivity index (χ4v) is 1.85. The van der Waals surface area contributed by atoms with Crippen molar-refractivity contribution in [2.45, 2.75) is 0 Å². The van der Waals surface area contributed by atoms with Gasteiger partial charge in [-0.15, -0.1) is 0 Å². The quantitative estimate of drug-likeness (QED) is 0.832. The van der Waals surface area contributed by atoms with Crippen molar-refractivity contribution in [1.29, 1.82) is 0 Å². The van der Waals surface area contributed by atoms with E-state index >= 15 is 0 Å². The Bertz CT molecular complexity index is 564. The number of aryl methyl sites for hydroxylation is 1. The molecule has 3 N–H and O–H groups in total. The highest BCUT2D eigenvalue weighted by atomic mass is 79.9. The number of hydrogen-bond acceptors (Lipinski definition) is 3. The van der Waals surface area contributed by atoms with Crippen molar-refractivity contribution in [3.8, 4) is 0 Å². The Hall–Kier alpha value is -1.82. The van der Waals surface area contributed by atoms with Crippen LogP contribution in [0.4, 0.5) is 11.4 Å². The van der Waals surface area contributed by atoms with Crippen molar-refractivity contribution < 1.29 is 4.79 Å². The summed E-state index contributed by atoms with van der Waals surface area (Å²) in [4.78, 5) is 12.0. The first-order valence-corrected chi connectivity index (χ1v) is 5.71. The van der Waals surface area contributed by atoms with Gasteiger partial charge >= 0.3 is 0 Å². The number of carbonyl (C=O) groups is 1. The monoisotopic (exact) mass is 294 g/mol. The second-order valence-corrected chi connectivity index (χ2v) is 4.36. The summed E-state index contributed by atoms with van der Waals surface area (Å²) in [6, 6.07) is 5.16. The number of rotatable bonds is 2. The van der Waals surface area contributed by atoms with E-state index in [0.717, 1.165) is 0 Å². The molecule has 17 heavy (non-hydrogen) atoms. The summed E-state index contributed by atoms with van der Waals surface area (Å²) in [6.07, 6.45) is 3.30. The summed E-state index contributed by atoms with van der Waals surface area (Å²) in [7, 11) is 1.78. The smallest absolute Gasteiger partial charge is 0.256 e. The number of nitrogens with two attached hydrogens (primary N) is 1. The molecule has 0 aliphatic rings. The van der Waals surface area contributed by atoms with Gasteiger partial charge in [0.25, 0.3) is 5.91 Å². The first-order chi connectivity index (χ1) is 8.08. The highest BCUT2D eigenvalue weighted by molar-refractivity contribution is 9.10. The van der Waals surface area contributed by atoms with E-state index in [1.165, 1.54) is 0 Å². The number of carbonyl (C=O) groups excluding carboxylic acids is 1. The van der Waals surface area contributed by atoms with Crippen molar-refractivity contribution in [1.82, 2.24) is 9.78 Å². The SMILES string of the molecule is Cn1cc(NC(=O)c2cccc(N)c2Br)cn1. The van der Waals surface area contributed by atoms with Crippen LogP contribution in [-0.4, -0.2) is 15.7 Å². The Morgan fingerprint density at radius 2 is 2.29 bits per heavy atom. The van der Waals surface area contributed by atoms with E-state index in [9.17, 15) is 4.79 Å². The maximum absolute atomic E-state index is 12.0. The summed E-state index contributed by atoms with van der Waals surface area (Å²) in [5.41, 5.74) is 7.38. The fraction of sp³-hybridized carbons (Fsp3) is 0.0909. The minimum Gasteiger partial charge on any atom is -0.398 e. The average molecular weight is 295 g/mol. The largest absolute Gasteiger partial charge is 0.398 e. The van der Waals surface area contributed by atoms with E-state index in [1.807, 2.05) is 0 Å². The summed E-state index contributed by atoms with van der Waals surface area (Å²) in [5, 5.41) is 6.71. The number of amides is 1. The molecule has 88 valence electrons. The number of nitrogens with one attached hydrogen (secondary N) is 1. The van der Waals surface area contributed by atoms with Gasteiger partial charge in [-0.2, -0.15) is 5.10 Å². The lowest BCUT2D eigenvalue weighted by molar-refractivity contribution is 0.102. The van der Waals surface area contributed by atoms with Crippen molar-refractivity contribution in [2.24, 2.45) is 7.05 Å². The lowest BCUT2D eigenvalue weighted by Crippen LogP contribution is -2.12. The van der Waals surface area contributed by atoms with Crippen molar-refractivity contribution in [2.75, 3.05) is 11.1 Å². The van der Waals surface area contributed by atoms with E-state index in [2.05, 4.69) is 26.3 Å². The molecule has 0 atom stereocenters. The van der Waals surface area contributed by atoms with E-state index in [0.29, 0.717) is 21.4 Å². The van der Waals surface area contributed by atoms with Crippen LogP contribution >= 0.6 is 15.9 Å². The van der Waals surface area contributed by atoms with Gasteiger partial charge in [-0.05, 0) is 28.1 Å². The van der Waals surface area contributed by atoms with E-state index in [-0.39, 0.29) is 5.91 Å². The zero-order valence-electron chi connectivity index (χ0n) is 9.14. The lowest BCUT2D eigenvalue weighted by atomic mass is 10.2. The molecule has 0 fully saturated rings. The van der Waals surface area contributed by atoms with Crippen molar-refractivity contribution >= 4 is 33.2 Å². The standard InChI is InChI=1S/C11H11BrN4O/c1-16-6-7(5-14-16)15-11(17)8-3-2-4-9(13)10(8)12/h2-6H,13H2,1H3,(H,15,17). The van der Waals surface area contributed by atoms with Crippen LogP contribution in [0, 0.1) is 0 Å². The Balaban J connectivity index is 2.23. The van der Waals surface area contributed by atoms with Gasteiger partial charge in [0.1, 0.15) is 0 Å². The third-order valence-electron chi connectivity index (χ3n) is 2.24. The second-order valence-electron chi connectivity index (χ2n) is 3.57. The molecule has 0 saturated heterocycles. The van der Waals surface area contributed by atoms with Crippen LogP contribution < -0.4 is 11.1 Å². The molecule has 1 heterocycles. The van der Waals surface area contributed by atoms with Crippen LogP contribution in [0.3, 0.4) is 0 Å². The molecule has 0 aliphatic carbocycles. The number of anilines is 2. The van der Waals surface area contributed by atoms with Gasteiger partial charge in [-0.1, -0.05) is 6.07 Å². The van der Waals surface area contributed by atoms with Crippen LogP contribution in [0.1, 0.15) is 10.4 Å². The van der Waals surface area contributed by atoms with E-state index < -0.39 is 0 Å². The molecule has 0 unspecified atom stereocenters. The van der Waals surface area contributed by atoms with Gasteiger partial charge in [-0.25, -0.2) is 0 Å². The molecule has 0 bridgehead atoms. The number of benzene rings is 1. The summed E-state index contributed by atoms with van der Waals surface area (Å²) < 4.78 is 2.21. The Kier molecular flexibility index (Phi) is 3.14. The first kappa shape index (κ1) is 11.7. The van der Waals surface area contributed by atoms with Gasteiger partial charge in [0, 0.05) is 18.9 Å². The summed E-state index contributed by atoms with van der Waals surface area (Å²) in [5.74, 6) is -0.225. The molecule has 2 aromatic rings. The number of hydrogen-bond donors (Lipinski definition) is 2. The van der Waals surface area contributed by atoms with Gasteiger partial charge < -0.3 is 11.1 Å². The molecule has 1 aromatic heterocycles. The molecule has 0 spiro atoms. The molecule has 2 rings (SSSR count). The van der Waals surface area contributed by atoms with Crippen LogP contribution in [-0.2, 0) is 7.05 Å². The number of halogens is 1. The minimum atomic E-state index is -0.225. The van der Waals surface area contributed by atoms with Crippen LogP contribution in [0.15, 0.2) is 35.1 Å².